The maximum Gasteiger partial charge on any atom is 0.416 e. The Morgan fingerprint density at radius 2 is 1.69 bits per heavy atom. The SMILES string of the molecule is O=C(N/N=C\c1ccc(OCc2ccccc2)cc1)c1cccc(C(F)(F)F)c1. The second kappa shape index (κ2) is 9.05. The number of rotatable bonds is 6. The van der Waals surface area contributed by atoms with Gasteiger partial charge in [0.2, 0.25) is 0 Å². The molecule has 0 saturated carbocycles. The van der Waals surface area contributed by atoms with Crippen molar-refractivity contribution >= 4 is 12.1 Å². The molecule has 0 spiro atoms. The summed E-state index contributed by atoms with van der Waals surface area (Å²) < 4.78 is 43.8. The van der Waals surface area contributed by atoms with Gasteiger partial charge in [-0.1, -0.05) is 36.4 Å². The maximum atomic E-state index is 12.7. The Kier molecular flexibility index (Phi) is 6.29. The highest BCUT2D eigenvalue weighted by Crippen LogP contribution is 2.29. The molecule has 0 unspecified atom stereocenters. The molecule has 0 heterocycles. The van der Waals surface area contributed by atoms with Crippen LogP contribution in [-0.4, -0.2) is 12.1 Å². The molecule has 0 aromatic heterocycles. The zero-order chi connectivity index (χ0) is 20.7. The Labute approximate surface area is 165 Å². The normalized spacial score (nSPS) is 11.4. The molecule has 0 atom stereocenters. The van der Waals surface area contributed by atoms with Gasteiger partial charge in [0.1, 0.15) is 12.4 Å². The van der Waals surface area contributed by atoms with Crippen LogP contribution in [-0.2, 0) is 12.8 Å². The average Bonchev–Trinajstić information content (AvgIpc) is 2.73. The highest BCUT2D eigenvalue weighted by molar-refractivity contribution is 5.95. The van der Waals surface area contributed by atoms with E-state index in [0.717, 1.165) is 17.7 Å². The highest BCUT2D eigenvalue weighted by atomic mass is 19.4. The minimum absolute atomic E-state index is 0.123. The molecule has 29 heavy (non-hydrogen) atoms. The molecule has 0 fully saturated rings. The molecule has 148 valence electrons. The third-order valence-electron chi connectivity index (χ3n) is 3.96. The molecule has 0 aliphatic heterocycles. The predicted octanol–water partition coefficient (Wildman–Crippen LogP) is 5.05. The molecular weight excluding hydrogens is 381 g/mol. The predicted molar refractivity (Wildman–Crippen MR) is 104 cm³/mol. The number of nitrogens with one attached hydrogen (secondary N) is 1. The Morgan fingerprint density at radius 3 is 2.38 bits per heavy atom. The van der Waals surface area contributed by atoms with Crippen molar-refractivity contribution in [1.82, 2.24) is 5.43 Å². The number of benzene rings is 3. The van der Waals surface area contributed by atoms with Gasteiger partial charge in [-0.25, -0.2) is 5.43 Å². The van der Waals surface area contributed by atoms with Crippen molar-refractivity contribution in [1.29, 1.82) is 0 Å². The van der Waals surface area contributed by atoms with Gasteiger partial charge in [-0.05, 0) is 53.6 Å². The van der Waals surface area contributed by atoms with Gasteiger partial charge in [0.05, 0.1) is 11.8 Å². The van der Waals surface area contributed by atoms with Crippen LogP contribution in [0.2, 0.25) is 0 Å². The van der Waals surface area contributed by atoms with Crippen molar-refractivity contribution in [3.05, 3.63) is 101 Å². The summed E-state index contributed by atoms with van der Waals surface area (Å²) in [5.74, 6) is -0.0471. The van der Waals surface area contributed by atoms with E-state index in [1.807, 2.05) is 30.3 Å². The number of nitrogens with zero attached hydrogens (tertiary/aromatic N) is 1. The molecule has 0 saturated heterocycles. The maximum absolute atomic E-state index is 12.7. The second-order valence-corrected chi connectivity index (χ2v) is 6.12. The van der Waals surface area contributed by atoms with Crippen molar-refractivity contribution < 1.29 is 22.7 Å². The monoisotopic (exact) mass is 398 g/mol. The van der Waals surface area contributed by atoms with E-state index in [4.69, 9.17) is 4.74 Å². The van der Waals surface area contributed by atoms with Crippen molar-refractivity contribution in [2.75, 3.05) is 0 Å². The smallest absolute Gasteiger partial charge is 0.416 e. The van der Waals surface area contributed by atoms with Gasteiger partial charge >= 0.3 is 6.18 Å². The lowest BCUT2D eigenvalue weighted by atomic mass is 10.1. The van der Waals surface area contributed by atoms with Crippen LogP contribution in [0.25, 0.3) is 0 Å². The number of carbonyl (C=O) groups excluding carboxylic acids is 1. The molecular formula is C22H17F3N2O2. The molecule has 0 aliphatic rings. The van der Waals surface area contributed by atoms with Gasteiger partial charge in [0.25, 0.3) is 5.91 Å². The van der Waals surface area contributed by atoms with E-state index in [1.54, 1.807) is 24.3 Å². The van der Waals surface area contributed by atoms with Crippen LogP contribution in [0.4, 0.5) is 13.2 Å². The van der Waals surface area contributed by atoms with E-state index in [-0.39, 0.29) is 5.56 Å². The Morgan fingerprint density at radius 1 is 0.966 bits per heavy atom. The number of carbonyl (C=O) groups is 1. The van der Waals surface area contributed by atoms with Crippen molar-refractivity contribution in [3.8, 4) is 5.75 Å². The molecule has 0 bridgehead atoms. The topological polar surface area (TPSA) is 50.7 Å². The second-order valence-electron chi connectivity index (χ2n) is 6.12. The lowest BCUT2D eigenvalue weighted by Gasteiger charge is -2.07. The van der Waals surface area contributed by atoms with Gasteiger partial charge in [0.15, 0.2) is 0 Å². The van der Waals surface area contributed by atoms with Crippen LogP contribution in [0, 0.1) is 0 Å². The van der Waals surface area contributed by atoms with E-state index in [2.05, 4.69) is 10.5 Å². The first kappa shape index (κ1) is 20.1. The summed E-state index contributed by atoms with van der Waals surface area (Å²) in [5.41, 5.74) is 2.95. The third-order valence-corrected chi connectivity index (χ3v) is 3.96. The van der Waals surface area contributed by atoms with Gasteiger partial charge in [-0.15, -0.1) is 0 Å². The van der Waals surface area contributed by atoms with E-state index in [0.29, 0.717) is 17.9 Å². The number of hydrazone groups is 1. The van der Waals surface area contributed by atoms with Crippen LogP contribution in [0.15, 0.2) is 84.0 Å². The first-order valence-electron chi connectivity index (χ1n) is 8.69. The molecule has 4 nitrogen and oxygen atoms in total. The van der Waals surface area contributed by atoms with Gasteiger partial charge in [0, 0.05) is 5.56 Å². The van der Waals surface area contributed by atoms with Crippen LogP contribution < -0.4 is 10.2 Å². The number of hydrogen-bond donors (Lipinski definition) is 1. The number of halogens is 3. The average molecular weight is 398 g/mol. The Bertz CT molecular complexity index is 985. The highest BCUT2D eigenvalue weighted by Gasteiger charge is 2.30. The van der Waals surface area contributed by atoms with Crippen LogP contribution in [0.5, 0.6) is 5.75 Å². The Hall–Kier alpha value is -3.61. The summed E-state index contributed by atoms with van der Waals surface area (Å²) >= 11 is 0. The van der Waals surface area contributed by atoms with Crippen LogP contribution in [0.3, 0.4) is 0 Å². The zero-order valence-electron chi connectivity index (χ0n) is 15.2. The first-order valence-corrected chi connectivity index (χ1v) is 8.69. The summed E-state index contributed by atoms with van der Waals surface area (Å²) in [6, 6.07) is 20.9. The quantitative estimate of drug-likeness (QED) is 0.467. The minimum Gasteiger partial charge on any atom is -0.489 e. The minimum atomic E-state index is -4.51. The summed E-state index contributed by atoms with van der Waals surface area (Å²) in [7, 11) is 0. The van der Waals surface area contributed by atoms with Crippen molar-refractivity contribution in [2.24, 2.45) is 5.10 Å². The standard InChI is InChI=1S/C22H17F3N2O2/c23-22(24,25)19-8-4-7-18(13-19)21(28)27-26-14-16-9-11-20(12-10-16)29-15-17-5-2-1-3-6-17/h1-14H,15H2,(H,27,28)/b26-14-. The summed E-state index contributed by atoms with van der Waals surface area (Å²) in [5, 5.41) is 3.79. The number of hydrogen-bond acceptors (Lipinski definition) is 3. The van der Waals surface area contributed by atoms with Gasteiger partial charge in [-0.2, -0.15) is 18.3 Å². The molecule has 0 radical (unpaired) electrons. The largest absolute Gasteiger partial charge is 0.489 e. The van der Waals surface area contributed by atoms with Crippen LogP contribution in [0.1, 0.15) is 27.0 Å². The molecule has 3 aromatic rings. The van der Waals surface area contributed by atoms with Crippen LogP contribution >= 0.6 is 0 Å². The van der Waals surface area contributed by atoms with Crippen molar-refractivity contribution in [2.45, 2.75) is 12.8 Å². The summed E-state index contributed by atoms with van der Waals surface area (Å²) in [4.78, 5) is 12.0. The fourth-order valence-corrected chi connectivity index (χ4v) is 2.46. The van der Waals surface area contributed by atoms with E-state index in [1.165, 1.54) is 18.3 Å². The van der Waals surface area contributed by atoms with E-state index >= 15 is 0 Å². The number of ether oxygens (including phenoxy) is 1. The number of amides is 1. The molecule has 1 amide bonds. The Balaban J connectivity index is 1.54. The fraction of sp³-hybridized carbons (Fsp3) is 0.0909. The summed E-state index contributed by atoms with van der Waals surface area (Å²) in [6.45, 7) is 0.446. The molecule has 3 aromatic carbocycles. The first-order chi connectivity index (χ1) is 13.9. The van der Waals surface area contributed by atoms with Gasteiger partial charge in [-0.3, -0.25) is 4.79 Å². The molecule has 1 N–H and O–H groups in total. The molecule has 0 aliphatic carbocycles. The van der Waals surface area contributed by atoms with Crippen molar-refractivity contribution in [3.63, 3.8) is 0 Å². The lowest BCUT2D eigenvalue weighted by Crippen LogP contribution is -2.18. The third kappa shape index (κ3) is 5.93. The fourth-order valence-electron chi connectivity index (χ4n) is 2.46. The molecule has 7 heteroatoms. The lowest BCUT2D eigenvalue weighted by molar-refractivity contribution is -0.137. The van der Waals surface area contributed by atoms with E-state index in [9.17, 15) is 18.0 Å². The summed E-state index contributed by atoms with van der Waals surface area (Å²) in [6.07, 6.45) is -3.11. The van der Waals surface area contributed by atoms with Gasteiger partial charge < -0.3 is 4.74 Å². The zero-order valence-corrected chi connectivity index (χ0v) is 15.2. The molecule has 3 rings (SSSR count). The van der Waals surface area contributed by atoms with E-state index < -0.39 is 17.6 Å². The number of alkyl halides is 3.